The van der Waals surface area contributed by atoms with Crippen molar-refractivity contribution in [2.75, 3.05) is 0 Å². The Morgan fingerprint density at radius 1 is 1.38 bits per heavy atom. The van der Waals surface area contributed by atoms with Gasteiger partial charge in [-0.1, -0.05) is 30.3 Å². The quantitative estimate of drug-likeness (QED) is 0.607. The average molecular weight is 222 g/mol. The molecule has 0 spiro atoms. The molecule has 0 saturated carbocycles. The van der Waals surface area contributed by atoms with Gasteiger partial charge in [0.25, 0.3) is 0 Å². The molecule has 1 aromatic rings. The van der Waals surface area contributed by atoms with E-state index in [9.17, 15) is 9.59 Å². The minimum Gasteiger partial charge on any atom is -0.479 e. The molecule has 1 atom stereocenters. The first-order valence-electron chi connectivity index (χ1n) is 4.96. The lowest BCUT2D eigenvalue weighted by atomic mass is 9.95. The fourth-order valence-electron chi connectivity index (χ4n) is 1.45. The van der Waals surface area contributed by atoms with Crippen LogP contribution in [0.15, 0.2) is 30.3 Å². The van der Waals surface area contributed by atoms with Gasteiger partial charge in [-0.3, -0.25) is 4.79 Å². The fourth-order valence-corrected chi connectivity index (χ4v) is 1.45. The molecule has 0 amide bonds. The van der Waals surface area contributed by atoms with Crippen molar-refractivity contribution in [2.24, 2.45) is 0 Å². The van der Waals surface area contributed by atoms with E-state index in [2.05, 4.69) is 0 Å². The zero-order valence-corrected chi connectivity index (χ0v) is 9.21. The van der Waals surface area contributed by atoms with Gasteiger partial charge in [-0.15, -0.1) is 0 Å². The molecule has 0 bridgehead atoms. The van der Waals surface area contributed by atoms with Crippen molar-refractivity contribution in [3.05, 3.63) is 35.9 Å². The number of hydrogen-bond donors (Lipinski definition) is 1. The van der Waals surface area contributed by atoms with Crippen molar-refractivity contribution in [1.82, 2.24) is 0 Å². The summed E-state index contributed by atoms with van der Waals surface area (Å²) in [5.74, 6) is -1.30. The molecule has 0 aliphatic carbocycles. The van der Waals surface area contributed by atoms with Gasteiger partial charge in [0.2, 0.25) is 5.60 Å². The van der Waals surface area contributed by atoms with Crippen LogP contribution in [-0.2, 0) is 19.9 Å². The highest BCUT2D eigenvalue weighted by Crippen LogP contribution is 2.25. The largest absolute Gasteiger partial charge is 0.479 e. The van der Waals surface area contributed by atoms with Crippen LogP contribution in [0.5, 0.6) is 0 Å². The van der Waals surface area contributed by atoms with E-state index >= 15 is 0 Å². The number of carboxylic acid groups (broad SMARTS) is 1. The highest BCUT2D eigenvalue weighted by Gasteiger charge is 2.42. The van der Waals surface area contributed by atoms with Crippen LogP contribution in [0.3, 0.4) is 0 Å². The van der Waals surface area contributed by atoms with Gasteiger partial charge in [-0.2, -0.15) is 0 Å². The number of carboxylic acids is 1. The summed E-state index contributed by atoms with van der Waals surface area (Å²) in [6, 6.07) is 8.20. The molecule has 0 aliphatic rings. The lowest BCUT2D eigenvalue weighted by Crippen LogP contribution is -2.42. The molecular formula is C12H14O4. The third kappa shape index (κ3) is 2.28. The summed E-state index contributed by atoms with van der Waals surface area (Å²) in [5.41, 5.74) is -1.58. The zero-order valence-electron chi connectivity index (χ0n) is 9.21. The summed E-state index contributed by atoms with van der Waals surface area (Å²) in [5, 5.41) is 9.17. The van der Waals surface area contributed by atoms with Gasteiger partial charge in [-0.25, -0.2) is 4.79 Å². The van der Waals surface area contributed by atoms with Gasteiger partial charge < -0.3 is 9.84 Å². The molecule has 1 N–H and O–H groups in total. The molecule has 0 saturated heterocycles. The van der Waals surface area contributed by atoms with Crippen molar-refractivity contribution < 1.29 is 19.4 Å². The Labute approximate surface area is 93.9 Å². The first-order valence-corrected chi connectivity index (χ1v) is 4.96. The summed E-state index contributed by atoms with van der Waals surface area (Å²) in [6.45, 7) is 3.37. The fraction of sp³-hybridized carbons (Fsp3) is 0.333. The lowest BCUT2D eigenvalue weighted by Gasteiger charge is -2.26. The third-order valence-electron chi connectivity index (χ3n) is 2.11. The predicted molar refractivity (Wildman–Crippen MR) is 58.0 cm³/mol. The molecule has 4 nitrogen and oxygen atoms in total. The van der Waals surface area contributed by atoms with E-state index < -0.39 is 11.6 Å². The van der Waals surface area contributed by atoms with Crippen LogP contribution in [0.2, 0.25) is 0 Å². The normalized spacial score (nSPS) is 14.4. The van der Waals surface area contributed by atoms with E-state index in [-0.39, 0.29) is 6.10 Å². The maximum Gasteiger partial charge on any atom is 0.348 e. The van der Waals surface area contributed by atoms with E-state index in [0.717, 1.165) is 0 Å². The number of aliphatic carboxylic acids is 1. The van der Waals surface area contributed by atoms with Crippen LogP contribution in [0.1, 0.15) is 19.4 Å². The number of benzene rings is 1. The molecule has 1 rings (SSSR count). The number of carbonyl (C=O) groups is 2. The lowest BCUT2D eigenvalue weighted by molar-refractivity contribution is -0.174. The first-order chi connectivity index (χ1) is 7.53. The molecule has 0 aliphatic heterocycles. The maximum atomic E-state index is 11.2. The summed E-state index contributed by atoms with van der Waals surface area (Å²) < 4.78 is 5.27. The Morgan fingerprint density at radius 2 is 1.94 bits per heavy atom. The zero-order chi connectivity index (χ0) is 12.2. The van der Waals surface area contributed by atoms with Crippen LogP contribution in [0.25, 0.3) is 0 Å². The van der Waals surface area contributed by atoms with Crippen LogP contribution >= 0.6 is 0 Å². The highest BCUT2D eigenvalue weighted by molar-refractivity contribution is 5.96. The van der Waals surface area contributed by atoms with E-state index in [0.29, 0.717) is 11.8 Å². The SMILES string of the molecule is CC(C)OC(C=O)(C(=O)O)c1ccccc1. The van der Waals surface area contributed by atoms with Crippen molar-refractivity contribution in [3.8, 4) is 0 Å². The van der Waals surface area contributed by atoms with Gasteiger partial charge in [-0.05, 0) is 13.8 Å². The average Bonchev–Trinajstić information content (AvgIpc) is 2.26. The molecule has 4 heteroatoms. The first kappa shape index (κ1) is 12.4. The number of hydrogen-bond acceptors (Lipinski definition) is 3. The Morgan fingerprint density at radius 3 is 2.31 bits per heavy atom. The highest BCUT2D eigenvalue weighted by atomic mass is 16.5. The molecule has 16 heavy (non-hydrogen) atoms. The molecule has 0 fully saturated rings. The van der Waals surface area contributed by atoms with E-state index in [1.807, 2.05) is 0 Å². The smallest absolute Gasteiger partial charge is 0.348 e. The number of rotatable bonds is 5. The molecule has 1 unspecified atom stereocenters. The van der Waals surface area contributed by atoms with Crippen molar-refractivity contribution in [1.29, 1.82) is 0 Å². The molecule has 0 radical (unpaired) electrons. The molecule has 86 valence electrons. The van der Waals surface area contributed by atoms with Gasteiger partial charge >= 0.3 is 5.97 Å². The summed E-state index contributed by atoms with van der Waals surface area (Å²) >= 11 is 0. The van der Waals surface area contributed by atoms with Gasteiger partial charge in [0, 0.05) is 5.56 Å². The Hall–Kier alpha value is -1.68. The number of aldehydes is 1. The Balaban J connectivity index is 3.23. The van der Waals surface area contributed by atoms with Crippen molar-refractivity contribution in [3.63, 3.8) is 0 Å². The van der Waals surface area contributed by atoms with E-state index in [4.69, 9.17) is 9.84 Å². The Bertz CT molecular complexity index is 372. The second-order valence-electron chi connectivity index (χ2n) is 3.69. The number of carbonyl (C=O) groups excluding carboxylic acids is 1. The van der Waals surface area contributed by atoms with E-state index in [1.54, 1.807) is 44.2 Å². The van der Waals surface area contributed by atoms with Crippen molar-refractivity contribution in [2.45, 2.75) is 25.6 Å². The standard InChI is InChI=1S/C12H14O4/c1-9(2)16-12(8-13,11(14)15)10-6-4-3-5-7-10/h3-9H,1-2H3,(H,14,15). The van der Waals surface area contributed by atoms with Gasteiger partial charge in [0.15, 0.2) is 6.29 Å². The Kier molecular flexibility index (Phi) is 3.79. The molecule has 1 aromatic carbocycles. The minimum atomic E-state index is -1.91. The molecular weight excluding hydrogens is 208 g/mol. The summed E-state index contributed by atoms with van der Waals surface area (Å²) in [7, 11) is 0. The molecule has 0 aromatic heterocycles. The monoisotopic (exact) mass is 222 g/mol. The third-order valence-corrected chi connectivity index (χ3v) is 2.11. The van der Waals surface area contributed by atoms with E-state index in [1.165, 1.54) is 0 Å². The predicted octanol–water partition coefficient (Wildman–Crippen LogP) is 1.59. The maximum absolute atomic E-state index is 11.2. The van der Waals surface area contributed by atoms with Crippen molar-refractivity contribution >= 4 is 12.3 Å². The summed E-state index contributed by atoms with van der Waals surface area (Å²) in [4.78, 5) is 22.3. The van der Waals surface area contributed by atoms with Crippen LogP contribution < -0.4 is 0 Å². The van der Waals surface area contributed by atoms with Gasteiger partial charge in [0.05, 0.1) is 6.10 Å². The topological polar surface area (TPSA) is 63.6 Å². The van der Waals surface area contributed by atoms with Crippen LogP contribution in [0, 0.1) is 0 Å². The minimum absolute atomic E-state index is 0.324. The molecule has 0 heterocycles. The van der Waals surface area contributed by atoms with Crippen LogP contribution in [0.4, 0.5) is 0 Å². The van der Waals surface area contributed by atoms with Gasteiger partial charge in [0.1, 0.15) is 0 Å². The second-order valence-corrected chi connectivity index (χ2v) is 3.69. The second kappa shape index (κ2) is 4.90. The van der Waals surface area contributed by atoms with Crippen LogP contribution in [-0.4, -0.2) is 23.5 Å². The number of ether oxygens (including phenoxy) is 1. The summed E-state index contributed by atoms with van der Waals surface area (Å²) in [6.07, 6.45) is -0.0356.